The van der Waals surface area contributed by atoms with Crippen molar-refractivity contribution < 1.29 is 40.7 Å². The highest BCUT2D eigenvalue weighted by Crippen LogP contribution is 2.26. The lowest BCUT2D eigenvalue weighted by molar-refractivity contribution is -0.162. The number of hydrogen-bond acceptors (Lipinski definition) is 3. The molecule has 0 radical (unpaired) electrons. The zero-order chi connectivity index (χ0) is 21.9. The SMILES string of the molecule is C[C@H](NC(=O)C(=O)N1CC[C@H](C(=O)Nc2ccc(F)c(C(F)F)c2)C1)C(F)(F)F. The van der Waals surface area contributed by atoms with E-state index in [1.165, 1.54) is 0 Å². The molecule has 1 aliphatic heterocycles. The second-order valence-corrected chi connectivity index (χ2v) is 6.50. The maximum atomic E-state index is 13.3. The largest absolute Gasteiger partial charge is 0.408 e. The van der Waals surface area contributed by atoms with Gasteiger partial charge in [0, 0.05) is 18.8 Å². The van der Waals surface area contributed by atoms with Gasteiger partial charge in [-0.25, -0.2) is 13.2 Å². The number of carbonyl (C=O) groups excluding carboxylic acids is 3. The first-order valence-electron chi connectivity index (χ1n) is 8.45. The fourth-order valence-electron chi connectivity index (χ4n) is 2.68. The molecule has 3 amide bonds. The number of likely N-dealkylation sites (tertiary alicyclic amines) is 1. The summed E-state index contributed by atoms with van der Waals surface area (Å²) in [6.45, 7) is 0.402. The van der Waals surface area contributed by atoms with Crippen LogP contribution >= 0.6 is 0 Å². The molecule has 1 aromatic carbocycles. The van der Waals surface area contributed by atoms with E-state index >= 15 is 0 Å². The number of rotatable bonds is 4. The standard InChI is InChI=1S/C17H17F6N3O3/c1-8(17(21,22)23)24-15(28)16(29)26-5-4-9(7-26)14(27)25-10-2-3-12(18)11(6-10)13(19)20/h2-3,6,8-9,13H,4-5,7H2,1H3,(H,24,28)(H,25,27)/t8-,9-/m0/s1. The van der Waals surface area contributed by atoms with Crippen molar-refractivity contribution in [3.63, 3.8) is 0 Å². The average Bonchev–Trinajstić information content (AvgIpc) is 3.11. The van der Waals surface area contributed by atoms with Crippen molar-refractivity contribution in [2.45, 2.75) is 32.0 Å². The molecular weight excluding hydrogens is 408 g/mol. The zero-order valence-corrected chi connectivity index (χ0v) is 15.0. The van der Waals surface area contributed by atoms with Crippen molar-refractivity contribution >= 4 is 23.4 Å². The molecule has 0 saturated carbocycles. The van der Waals surface area contributed by atoms with E-state index < -0.39 is 53.7 Å². The van der Waals surface area contributed by atoms with E-state index in [0.717, 1.165) is 23.1 Å². The van der Waals surface area contributed by atoms with Crippen LogP contribution in [0.4, 0.5) is 32.0 Å². The van der Waals surface area contributed by atoms with Crippen LogP contribution in [0.1, 0.15) is 25.3 Å². The third-order valence-corrected chi connectivity index (χ3v) is 4.38. The van der Waals surface area contributed by atoms with Gasteiger partial charge in [0.15, 0.2) is 0 Å². The summed E-state index contributed by atoms with van der Waals surface area (Å²) in [5.41, 5.74) is -0.963. The fourth-order valence-corrected chi connectivity index (χ4v) is 2.68. The van der Waals surface area contributed by atoms with Crippen molar-refractivity contribution in [3.8, 4) is 0 Å². The van der Waals surface area contributed by atoms with Crippen LogP contribution in [0.25, 0.3) is 0 Å². The Morgan fingerprint density at radius 2 is 1.86 bits per heavy atom. The van der Waals surface area contributed by atoms with Gasteiger partial charge in [-0.1, -0.05) is 0 Å². The second kappa shape index (κ2) is 8.70. The van der Waals surface area contributed by atoms with Gasteiger partial charge in [-0.15, -0.1) is 0 Å². The third kappa shape index (κ3) is 5.61. The van der Waals surface area contributed by atoms with Gasteiger partial charge in [0.25, 0.3) is 6.43 Å². The molecule has 1 heterocycles. The minimum atomic E-state index is -4.71. The van der Waals surface area contributed by atoms with Crippen LogP contribution < -0.4 is 10.6 Å². The topological polar surface area (TPSA) is 78.5 Å². The molecule has 6 nitrogen and oxygen atoms in total. The number of alkyl halides is 5. The van der Waals surface area contributed by atoms with E-state index in [2.05, 4.69) is 5.32 Å². The van der Waals surface area contributed by atoms with Crippen LogP contribution in [0.3, 0.4) is 0 Å². The molecule has 1 fully saturated rings. The van der Waals surface area contributed by atoms with Crippen molar-refractivity contribution in [1.82, 2.24) is 10.2 Å². The lowest BCUT2D eigenvalue weighted by Crippen LogP contribution is -2.49. The number of carbonyl (C=O) groups is 3. The van der Waals surface area contributed by atoms with Crippen LogP contribution in [0.5, 0.6) is 0 Å². The minimum Gasteiger partial charge on any atom is -0.336 e. The number of benzene rings is 1. The first-order chi connectivity index (χ1) is 13.4. The van der Waals surface area contributed by atoms with Gasteiger partial charge in [0.2, 0.25) is 5.91 Å². The number of nitrogens with zero attached hydrogens (tertiary/aromatic N) is 1. The third-order valence-electron chi connectivity index (χ3n) is 4.38. The molecule has 2 rings (SSSR count). The van der Waals surface area contributed by atoms with Crippen LogP contribution in [-0.2, 0) is 14.4 Å². The Balaban J connectivity index is 1.95. The molecule has 0 aliphatic carbocycles. The Morgan fingerprint density at radius 1 is 1.21 bits per heavy atom. The highest BCUT2D eigenvalue weighted by atomic mass is 19.4. The average molecular weight is 425 g/mol. The predicted octanol–water partition coefficient (Wildman–Crippen LogP) is 2.62. The number of hydrogen-bond donors (Lipinski definition) is 2. The Bertz CT molecular complexity index is 799. The molecule has 160 valence electrons. The summed E-state index contributed by atoms with van der Waals surface area (Å²) < 4.78 is 76.1. The zero-order valence-electron chi connectivity index (χ0n) is 15.0. The molecular formula is C17H17F6N3O3. The summed E-state index contributed by atoms with van der Waals surface area (Å²) >= 11 is 0. The molecule has 1 aliphatic rings. The highest BCUT2D eigenvalue weighted by molar-refractivity contribution is 6.35. The number of amides is 3. The maximum Gasteiger partial charge on any atom is 0.408 e. The highest BCUT2D eigenvalue weighted by Gasteiger charge is 2.40. The van der Waals surface area contributed by atoms with E-state index in [9.17, 15) is 40.7 Å². The predicted molar refractivity (Wildman–Crippen MR) is 88.3 cm³/mol. The Morgan fingerprint density at radius 3 is 2.45 bits per heavy atom. The number of nitrogens with one attached hydrogen (secondary N) is 2. The van der Waals surface area contributed by atoms with E-state index in [-0.39, 0.29) is 25.2 Å². The van der Waals surface area contributed by atoms with Gasteiger partial charge in [-0.3, -0.25) is 14.4 Å². The van der Waals surface area contributed by atoms with Gasteiger partial charge >= 0.3 is 18.0 Å². The van der Waals surface area contributed by atoms with Gasteiger partial charge in [0.1, 0.15) is 11.9 Å². The molecule has 0 bridgehead atoms. The molecule has 0 aromatic heterocycles. The molecule has 2 atom stereocenters. The summed E-state index contributed by atoms with van der Waals surface area (Å²) in [6, 6.07) is 0.418. The van der Waals surface area contributed by atoms with Crippen molar-refractivity contribution in [2.24, 2.45) is 5.92 Å². The van der Waals surface area contributed by atoms with E-state index in [1.807, 2.05) is 0 Å². The lowest BCUT2D eigenvalue weighted by atomic mass is 10.1. The molecule has 1 saturated heterocycles. The normalized spacial score (nSPS) is 17.9. The Labute approximate surface area is 161 Å². The van der Waals surface area contributed by atoms with Gasteiger partial charge in [-0.2, -0.15) is 13.2 Å². The van der Waals surface area contributed by atoms with E-state index in [1.54, 1.807) is 5.32 Å². The molecule has 12 heteroatoms. The quantitative estimate of drug-likeness (QED) is 0.575. The van der Waals surface area contributed by atoms with Gasteiger partial charge < -0.3 is 15.5 Å². The van der Waals surface area contributed by atoms with Crippen LogP contribution in [0.2, 0.25) is 0 Å². The van der Waals surface area contributed by atoms with Crippen molar-refractivity contribution in [2.75, 3.05) is 18.4 Å². The smallest absolute Gasteiger partial charge is 0.336 e. The monoisotopic (exact) mass is 425 g/mol. The molecule has 0 unspecified atom stereocenters. The van der Waals surface area contributed by atoms with Crippen molar-refractivity contribution in [1.29, 1.82) is 0 Å². The van der Waals surface area contributed by atoms with Gasteiger partial charge in [0.05, 0.1) is 11.5 Å². The summed E-state index contributed by atoms with van der Waals surface area (Å²) in [6.07, 6.45) is -7.68. The van der Waals surface area contributed by atoms with Crippen LogP contribution in [-0.4, -0.2) is 47.9 Å². The number of anilines is 1. The van der Waals surface area contributed by atoms with Crippen molar-refractivity contribution in [3.05, 3.63) is 29.6 Å². The summed E-state index contributed by atoms with van der Waals surface area (Å²) in [7, 11) is 0. The summed E-state index contributed by atoms with van der Waals surface area (Å²) in [4.78, 5) is 36.8. The minimum absolute atomic E-state index is 0.0452. The van der Waals surface area contributed by atoms with E-state index in [4.69, 9.17) is 0 Å². The fraction of sp³-hybridized carbons (Fsp3) is 0.471. The second-order valence-electron chi connectivity index (χ2n) is 6.50. The summed E-state index contributed by atoms with van der Waals surface area (Å²) in [5, 5.41) is 3.86. The van der Waals surface area contributed by atoms with Crippen LogP contribution in [0.15, 0.2) is 18.2 Å². The molecule has 2 N–H and O–H groups in total. The maximum absolute atomic E-state index is 13.3. The molecule has 0 spiro atoms. The molecule has 29 heavy (non-hydrogen) atoms. The Hall–Kier alpha value is -2.79. The van der Waals surface area contributed by atoms with Crippen LogP contribution in [0, 0.1) is 11.7 Å². The lowest BCUT2D eigenvalue weighted by Gasteiger charge is -2.20. The first kappa shape index (κ1) is 22.5. The Kier molecular flexibility index (Phi) is 6.75. The molecule has 1 aromatic rings. The van der Waals surface area contributed by atoms with Gasteiger partial charge in [-0.05, 0) is 31.5 Å². The van der Waals surface area contributed by atoms with E-state index in [0.29, 0.717) is 6.92 Å². The first-order valence-corrected chi connectivity index (χ1v) is 8.45. The number of halogens is 6. The summed E-state index contributed by atoms with van der Waals surface area (Å²) in [5.74, 6) is -5.26.